The quantitative estimate of drug-likeness (QED) is 0.869. The van der Waals surface area contributed by atoms with Gasteiger partial charge < -0.3 is 0 Å². The van der Waals surface area contributed by atoms with Crippen molar-refractivity contribution in [3.63, 3.8) is 0 Å². The lowest BCUT2D eigenvalue weighted by atomic mass is 9.86. The Morgan fingerprint density at radius 1 is 1.15 bits per heavy atom. The topological polar surface area (TPSA) is 47.0 Å². The molecule has 1 aromatic heterocycles. The molecule has 0 unspecified atom stereocenters. The maximum Gasteiger partial charge on any atom is 0.153 e. The minimum Gasteiger partial charge on any atom is -0.240 e. The second-order valence-corrected chi connectivity index (χ2v) is 9.11. The van der Waals surface area contributed by atoms with Crippen LogP contribution in [0.5, 0.6) is 0 Å². The van der Waals surface area contributed by atoms with Crippen LogP contribution in [0.2, 0.25) is 0 Å². The fourth-order valence-corrected chi connectivity index (χ4v) is 3.89. The molecular weight excluding hydrogens is 290 g/mol. The lowest BCUT2D eigenvalue weighted by Crippen LogP contribution is -2.10. The highest BCUT2D eigenvalue weighted by atomic mass is 32.2. The Kier molecular flexibility index (Phi) is 4.02. The molecule has 2 rings (SSSR count). The van der Waals surface area contributed by atoms with Gasteiger partial charge in [-0.2, -0.15) is 0 Å². The molecule has 1 aromatic carbocycles. The van der Waals surface area contributed by atoms with Crippen LogP contribution in [-0.2, 0) is 21.0 Å². The summed E-state index contributed by atoms with van der Waals surface area (Å²) in [5.74, 6) is 0.0116. The van der Waals surface area contributed by atoms with Crippen LogP contribution in [0.1, 0.15) is 31.3 Å². The molecule has 20 heavy (non-hydrogen) atoms. The van der Waals surface area contributed by atoms with Gasteiger partial charge in [0, 0.05) is 17.2 Å². The third-order valence-corrected chi connectivity index (χ3v) is 4.81. The smallest absolute Gasteiger partial charge is 0.153 e. The number of nitrogens with zero attached hydrogens (tertiary/aromatic N) is 1. The van der Waals surface area contributed by atoms with Gasteiger partial charge in [-0.05, 0) is 11.0 Å². The first-order chi connectivity index (χ1) is 9.15. The van der Waals surface area contributed by atoms with Crippen molar-refractivity contribution in [3.8, 4) is 11.3 Å². The van der Waals surface area contributed by atoms with Gasteiger partial charge in [0.25, 0.3) is 0 Å². The van der Waals surface area contributed by atoms with Crippen molar-refractivity contribution in [3.05, 3.63) is 40.2 Å². The lowest BCUT2D eigenvalue weighted by molar-refractivity contribution is 0.590. The van der Waals surface area contributed by atoms with Crippen LogP contribution < -0.4 is 0 Å². The Labute approximate surface area is 124 Å². The summed E-state index contributed by atoms with van der Waals surface area (Å²) in [5.41, 5.74) is 3.26. The number of benzene rings is 1. The Morgan fingerprint density at radius 2 is 1.75 bits per heavy atom. The molecule has 0 radical (unpaired) electrons. The van der Waals surface area contributed by atoms with Crippen LogP contribution in [0.25, 0.3) is 11.3 Å². The molecule has 108 valence electrons. The molecular formula is C15H19NO2S2. The van der Waals surface area contributed by atoms with Gasteiger partial charge in [0.05, 0.1) is 5.69 Å². The molecule has 0 aliphatic carbocycles. The zero-order valence-corrected chi connectivity index (χ0v) is 13.8. The van der Waals surface area contributed by atoms with Gasteiger partial charge in [0.2, 0.25) is 0 Å². The summed E-state index contributed by atoms with van der Waals surface area (Å²) in [5, 5.41) is 2.55. The van der Waals surface area contributed by atoms with Crippen molar-refractivity contribution in [1.82, 2.24) is 4.98 Å². The van der Waals surface area contributed by atoms with Crippen LogP contribution >= 0.6 is 11.3 Å². The van der Waals surface area contributed by atoms with Gasteiger partial charge >= 0.3 is 0 Å². The molecule has 0 amide bonds. The fraction of sp³-hybridized carbons (Fsp3) is 0.400. The average molecular weight is 309 g/mol. The highest BCUT2D eigenvalue weighted by molar-refractivity contribution is 7.90. The molecule has 5 heteroatoms. The normalized spacial score (nSPS) is 12.6. The largest absolute Gasteiger partial charge is 0.240 e. The van der Waals surface area contributed by atoms with E-state index < -0.39 is 9.84 Å². The van der Waals surface area contributed by atoms with Gasteiger partial charge in [-0.3, -0.25) is 0 Å². The van der Waals surface area contributed by atoms with Crippen LogP contribution in [0, 0.1) is 0 Å². The first kappa shape index (κ1) is 15.2. The van der Waals surface area contributed by atoms with E-state index in [1.54, 1.807) is 0 Å². The van der Waals surface area contributed by atoms with Crippen molar-refractivity contribution in [2.45, 2.75) is 31.9 Å². The SMILES string of the molecule is CC(C)(C)c1ccc(-c2csc(CS(C)(=O)=O)n2)cc1. The monoisotopic (exact) mass is 309 g/mol. The van der Waals surface area contributed by atoms with E-state index in [-0.39, 0.29) is 11.2 Å². The Morgan fingerprint density at radius 3 is 2.25 bits per heavy atom. The standard InChI is InChI=1S/C15H19NO2S2/c1-15(2,3)12-7-5-11(6-8-12)13-9-19-14(16-13)10-20(4,17)18/h5-9H,10H2,1-4H3. The third kappa shape index (κ3) is 3.90. The van der Waals surface area contributed by atoms with E-state index in [1.165, 1.54) is 23.2 Å². The molecule has 0 spiro atoms. The maximum absolute atomic E-state index is 11.3. The van der Waals surface area contributed by atoms with Gasteiger partial charge in [0.1, 0.15) is 10.8 Å². The van der Waals surface area contributed by atoms with E-state index in [9.17, 15) is 8.42 Å². The van der Waals surface area contributed by atoms with E-state index in [1.807, 2.05) is 17.5 Å². The minimum absolute atomic E-state index is 0.0116. The van der Waals surface area contributed by atoms with Gasteiger partial charge in [0.15, 0.2) is 9.84 Å². The highest BCUT2D eigenvalue weighted by Gasteiger charge is 2.14. The second kappa shape index (κ2) is 5.30. The summed E-state index contributed by atoms with van der Waals surface area (Å²) >= 11 is 1.39. The van der Waals surface area contributed by atoms with Crippen molar-refractivity contribution >= 4 is 21.2 Å². The first-order valence-corrected chi connectivity index (χ1v) is 9.32. The predicted molar refractivity (Wildman–Crippen MR) is 84.8 cm³/mol. The van der Waals surface area contributed by atoms with Crippen LogP contribution in [-0.4, -0.2) is 19.7 Å². The first-order valence-electron chi connectivity index (χ1n) is 6.38. The number of aromatic nitrogens is 1. The fourth-order valence-electron chi connectivity index (χ4n) is 1.88. The second-order valence-electron chi connectivity index (χ2n) is 6.02. The molecule has 0 fully saturated rings. The van der Waals surface area contributed by atoms with E-state index >= 15 is 0 Å². The summed E-state index contributed by atoms with van der Waals surface area (Å²) < 4.78 is 22.5. The number of rotatable bonds is 3. The Balaban J connectivity index is 2.25. The van der Waals surface area contributed by atoms with E-state index in [0.717, 1.165) is 11.3 Å². The van der Waals surface area contributed by atoms with Crippen molar-refractivity contribution < 1.29 is 8.42 Å². The zero-order chi connectivity index (χ0) is 15.0. The summed E-state index contributed by atoms with van der Waals surface area (Å²) in [7, 11) is -3.02. The molecule has 0 atom stereocenters. The van der Waals surface area contributed by atoms with E-state index in [0.29, 0.717) is 5.01 Å². The number of hydrogen-bond donors (Lipinski definition) is 0. The summed E-state index contributed by atoms with van der Waals surface area (Å²) in [6, 6.07) is 8.29. The molecule has 0 N–H and O–H groups in total. The number of thiazole rings is 1. The number of hydrogen-bond acceptors (Lipinski definition) is 4. The number of sulfone groups is 1. The van der Waals surface area contributed by atoms with Crippen molar-refractivity contribution in [1.29, 1.82) is 0 Å². The lowest BCUT2D eigenvalue weighted by Gasteiger charge is -2.18. The highest BCUT2D eigenvalue weighted by Crippen LogP contribution is 2.27. The summed E-state index contributed by atoms with van der Waals surface area (Å²) in [6.07, 6.45) is 1.23. The average Bonchev–Trinajstić information content (AvgIpc) is 2.74. The van der Waals surface area contributed by atoms with Crippen LogP contribution in [0.15, 0.2) is 29.6 Å². The van der Waals surface area contributed by atoms with Crippen LogP contribution in [0.4, 0.5) is 0 Å². The zero-order valence-electron chi connectivity index (χ0n) is 12.2. The van der Waals surface area contributed by atoms with E-state index in [4.69, 9.17) is 0 Å². The minimum atomic E-state index is -3.02. The molecule has 0 saturated heterocycles. The maximum atomic E-state index is 11.3. The van der Waals surface area contributed by atoms with Crippen LogP contribution in [0.3, 0.4) is 0 Å². The molecule has 0 aliphatic rings. The predicted octanol–water partition coefficient (Wildman–Crippen LogP) is 3.65. The Hall–Kier alpha value is -1.20. The van der Waals surface area contributed by atoms with Gasteiger partial charge in [-0.1, -0.05) is 45.0 Å². The molecule has 0 aliphatic heterocycles. The molecule has 3 nitrogen and oxygen atoms in total. The Bertz CT molecular complexity index is 692. The van der Waals surface area contributed by atoms with Crippen molar-refractivity contribution in [2.75, 3.05) is 6.26 Å². The summed E-state index contributed by atoms with van der Waals surface area (Å²) in [4.78, 5) is 4.40. The van der Waals surface area contributed by atoms with Gasteiger partial charge in [-0.15, -0.1) is 11.3 Å². The molecule has 0 saturated carbocycles. The summed E-state index contributed by atoms with van der Waals surface area (Å²) in [6.45, 7) is 6.53. The third-order valence-electron chi connectivity index (χ3n) is 2.98. The van der Waals surface area contributed by atoms with Gasteiger partial charge in [-0.25, -0.2) is 13.4 Å². The molecule has 0 bridgehead atoms. The molecule has 2 aromatic rings. The van der Waals surface area contributed by atoms with Crippen molar-refractivity contribution in [2.24, 2.45) is 0 Å². The molecule has 1 heterocycles. The van der Waals surface area contributed by atoms with E-state index in [2.05, 4.69) is 37.9 Å².